The van der Waals surface area contributed by atoms with Crippen LogP contribution in [0, 0.1) is 0 Å². The van der Waals surface area contributed by atoms with Crippen LogP contribution >= 0.6 is 15.9 Å². The second-order valence-electron chi connectivity index (χ2n) is 10.8. The molecule has 0 N–H and O–H groups in total. The number of rotatable bonds is 7. The Kier molecular flexibility index (Phi) is 7.91. The summed E-state index contributed by atoms with van der Waals surface area (Å²) >= 11 is 3.55. The van der Waals surface area contributed by atoms with Gasteiger partial charge in [0, 0.05) is 21.5 Å². The Labute approximate surface area is 267 Å². The minimum atomic E-state index is 1.08. The summed E-state index contributed by atoms with van der Waals surface area (Å²) in [6.07, 6.45) is 0. The molecule has 0 aliphatic heterocycles. The van der Waals surface area contributed by atoms with E-state index < -0.39 is 0 Å². The summed E-state index contributed by atoms with van der Waals surface area (Å²) in [6.45, 7) is 0. The molecular weight excluding hydrogens is 598 g/mol. The van der Waals surface area contributed by atoms with E-state index in [9.17, 15) is 0 Å². The molecule has 1 nitrogen and oxygen atoms in total. The highest BCUT2D eigenvalue weighted by Crippen LogP contribution is 2.38. The Morgan fingerprint density at radius 2 is 0.477 bits per heavy atom. The fraction of sp³-hybridized carbons (Fsp3) is 0. The van der Waals surface area contributed by atoms with Crippen LogP contribution in [0.3, 0.4) is 0 Å². The summed E-state index contributed by atoms with van der Waals surface area (Å²) in [7, 11) is 0. The number of benzene rings is 7. The quantitative estimate of drug-likeness (QED) is 0.170. The lowest BCUT2D eigenvalue weighted by Gasteiger charge is -2.26. The maximum atomic E-state index is 3.55. The van der Waals surface area contributed by atoms with Gasteiger partial charge < -0.3 is 4.90 Å². The summed E-state index contributed by atoms with van der Waals surface area (Å²) < 4.78 is 1.08. The summed E-state index contributed by atoms with van der Waals surface area (Å²) in [5.74, 6) is 0. The monoisotopic (exact) mass is 627 g/mol. The number of nitrogens with zero attached hydrogens (tertiary/aromatic N) is 1. The van der Waals surface area contributed by atoms with E-state index in [4.69, 9.17) is 0 Å². The first-order valence-electron chi connectivity index (χ1n) is 14.8. The Hall–Kier alpha value is -5.18. The number of hydrogen-bond acceptors (Lipinski definition) is 1. The molecule has 0 heterocycles. The zero-order valence-corrected chi connectivity index (χ0v) is 25.7. The van der Waals surface area contributed by atoms with Crippen molar-refractivity contribution in [3.05, 3.63) is 186 Å². The molecule has 0 amide bonds. The predicted molar refractivity (Wildman–Crippen MR) is 191 cm³/mol. The van der Waals surface area contributed by atoms with Crippen LogP contribution in [0.4, 0.5) is 17.1 Å². The fourth-order valence-electron chi connectivity index (χ4n) is 5.61. The van der Waals surface area contributed by atoms with Gasteiger partial charge in [-0.1, -0.05) is 149 Å². The Morgan fingerprint density at radius 1 is 0.250 bits per heavy atom. The van der Waals surface area contributed by atoms with E-state index in [0.29, 0.717) is 0 Å². The molecule has 0 atom stereocenters. The van der Waals surface area contributed by atoms with E-state index in [1.807, 2.05) is 0 Å². The van der Waals surface area contributed by atoms with Crippen molar-refractivity contribution < 1.29 is 0 Å². The van der Waals surface area contributed by atoms with Crippen LogP contribution in [0.1, 0.15) is 0 Å². The van der Waals surface area contributed by atoms with E-state index in [2.05, 4.69) is 203 Å². The summed E-state index contributed by atoms with van der Waals surface area (Å²) in [4.78, 5) is 2.32. The van der Waals surface area contributed by atoms with Gasteiger partial charge in [0.25, 0.3) is 0 Å². The van der Waals surface area contributed by atoms with Crippen molar-refractivity contribution in [2.75, 3.05) is 4.90 Å². The van der Waals surface area contributed by atoms with Gasteiger partial charge in [-0.2, -0.15) is 0 Å². The van der Waals surface area contributed by atoms with Crippen LogP contribution in [0.25, 0.3) is 44.5 Å². The van der Waals surface area contributed by atoms with Gasteiger partial charge in [0.05, 0.1) is 0 Å². The number of hydrogen-bond donors (Lipinski definition) is 0. The van der Waals surface area contributed by atoms with Crippen LogP contribution in [-0.4, -0.2) is 0 Å². The number of anilines is 3. The van der Waals surface area contributed by atoms with E-state index in [-0.39, 0.29) is 0 Å². The molecule has 7 rings (SSSR count). The normalized spacial score (nSPS) is 10.8. The van der Waals surface area contributed by atoms with Gasteiger partial charge >= 0.3 is 0 Å². The van der Waals surface area contributed by atoms with Crippen molar-refractivity contribution >= 4 is 33.0 Å². The first-order valence-corrected chi connectivity index (χ1v) is 15.6. The lowest BCUT2D eigenvalue weighted by Crippen LogP contribution is -2.09. The predicted octanol–water partition coefficient (Wildman–Crippen LogP) is 12.6. The van der Waals surface area contributed by atoms with Gasteiger partial charge in [-0.25, -0.2) is 0 Å². The maximum absolute atomic E-state index is 3.55. The molecule has 7 aromatic carbocycles. The summed E-state index contributed by atoms with van der Waals surface area (Å²) in [5.41, 5.74) is 13.0. The largest absolute Gasteiger partial charge is 0.311 e. The third-order valence-corrected chi connectivity index (χ3v) is 8.52. The Bertz CT molecular complexity index is 1950. The molecule has 0 aliphatic carbocycles. The smallest absolute Gasteiger partial charge is 0.0462 e. The molecule has 0 saturated carbocycles. The van der Waals surface area contributed by atoms with Crippen LogP contribution in [0.2, 0.25) is 0 Å². The summed E-state index contributed by atoms with van der Waals surface area (Å²) in [6, 6.07) is 64.8. The molecule has 0 fully saturated rings. The zero-order chi connectivity index (χ0) is 29.7. The molecule has 0 spiro atoms. The van der Waals surface area contributed by atoms with Gasteiger partial charge in [0.1, 0.15) is 0 Å². The topological polar surface area (TPSA) is 3.24 Å². The lowest BCUT2D eigenvalue weighted by atomic mass is 10.00. The first kappa shape index (κ1) is 27.6. The minimum Gasteiger partial charge on any atom is -0.311 e. The molecule has 0 radical (unpaired) electrons. The third kappa shape index (κ3) is 5.99. The fourth-order valence-corrected chi connectivity index (χ4v) is 5.88. The number of halogens is 1. The third-order valence-electron chi connectivity index (χ3n) is 7.99. The van der Waals surface area contributed by atoms with Gasteiger partial charge in [0.2, 0.25) is 0 Å². The molecule has 0 bridgehead atoms. The lowest BCUT2D eigenvalue weighted by molar-refractivity contribution is 1.28. The minimum absolute atomic E-state index is 1.08. The molecule has 0 aliphatic rings. The van der Waals surface area contributed by atoms with Crippen molar-refractivity contribution in [1.82, 2.24) is 0 Å². The standard InChI is InChI=1S/C42H30BrN/c43-39-23-15-35(16-24-39)38-21-29-42(30-22-38)44(40-25-17-36(18-26-40)32-9-5-2-6-10-32)41-27-19-37(20-28-41)34-13-11-33(12-14-34)31-7-3-1-4-8-31/h1-30H. The van der Waals surface area contributed by atoms with Crippen molar-refractivity contribution in [3.63, 3.8) is 0 Å². The Balaban J connectivity index is 1.22. The van der Waals surface area contributed by atoms with Crippen LogP contribution in [0.5, 0.6) is 0 Å². The van der Waals surface area contributed by atoms with E-state index >= 15 is 0 Å². The highest BCUT2D eigenvalue weighted by atomic mass is 79.9. The van der Waals surface area contributed by atoms with Gasteiger partial charge in [-0.05, 0) is 93.0 Å². The van der Waals surface area contributed by atoms with Crippen LogP contribution < -0.4 is 4.90 Å². The molecule has 210 valence electrons. The maximum Gasteiger partial charge on any atom is 0.0462 e. The highest BCUT2D eigenvalue weighted by Gasteiger charge is 2.14. The van der Waals surface area contributed by atoms with Gasteiger partial charge in [0.15, 0.2) is 0 Å². The molecule has 0 aromatic heterocycles. The molecule has 44 heavy (non-hydrogen) atoms. The van der Waals surface area contributed by atoms with E-state index in [0.717, 1.165) is 21.5 Å². The van der Waals surface area contributed by atoms with Gasteiger partial charge in [-0.15, -0.1) is 0 Å². The van der Waals surface area contributed by atoms with E-state index in [1.165, 1.54) is 44.5 Å². The van der Waals surface area contributed by atoms with Crippen LogP contribution in [0.15, 0.2) is 186 Å². The average Bonchev–Trinajstić information content (AvgIpc) is 3.11. The van der Waals surface area contributed by atoms with Crippen molar-refractivity contribution in [2.24, 2.45) is 0 Å². The second-order valence-corrected chi connectivity index (χ2v) is 11.7. The summed E-state index contributed by atoms with van der Waals surface area (Å²) in [5, 5.41) is 0. The SMILES string of the molecule is Brc1ccc(-c2ccc(N(c3ccc(-c4ccccc4)cc3)c3ccc(-c4ccc(-c5ccccc5)cc4)cc3)cc2)cc1. The second kappa shape index (κ2) is 12.6. The van der Waals surface area contributed by atoms with Crippen molar-refractivity contribution in [3.8, 4) is 44.5 Å². The highest BCUT2D eigenvalue weighted by molar-refractivity contribution is 9.10. The van der Waals surface area contributed by atoms with E-state index in [1.54, 1.807) is 0 Å². The average molecular weight is 629 g/mol. The molecule has 0 unspecified atom stereocenters. The molecule has 7 aromatic rings. The van der Waals surface area contributed by atoms with Crippen molar-refractivity contribution in [1.29, 1.82) is 0 Å². The van der Waals surface area contributed by atoms with Crippen LogP contribution in [-0.2, 0) is 0 Å². The molecular formula is C42H30BrN. The van der Waals surface area contributed by atoms with Gasteiger partial charge in [-0.3, -0.25) is 0 Å². The van der Waals surface area contributed by atoms with Crippen molar-refractivity contribution in [2.45, 2.75) is 0 Å². The zero-order valence-electron chi connectivity index (χ0n) is 24.1. The first-order chi connectivity index (χ1) is 21.7. The Morgan fingerprint density at radius 3 is 0.773 bits per heavy atom. The molecule has 0 saturated heterocycles. The molecule has 2 heteroatoms.